The van der Waals surface area contributed by atoms with Gasteiger partial charge in [0.15, 0.2) is 5.58 Å². The van der Waals surface area contributed by atoms with E-state index in [1.165, 1.54) is 31.6 Å². The van der Waals surface area contributed by atoms with Gasteiger partial charge in [-0.3, -0.25) is 0 Å². The van der Waals surface area contributed by atoms with E-state index in [9.17, 15) is 9.59 Å². The molecular formula is C18H12O5S. The van der Waals surface area contributed by atoms with Gasteiger partial charge in [-0.25, -0.2) is 9.59 Å². The third kappa shape index (κ3) is 1.93. The maximum absolute atomic E-state index is 12.4. The number of furan rings is 1. The summed E-state index contributed by atoms with van der Waals surface area (Å²) in [5, 5.41) is 1.56. The Kier molecular flexibility index (Phi) is 3.28. The Balaban J connectivity index is 2.19. The van der Waals surface area contributed by atoms with Crippen molar-refractivity contribution in [2.24, 2.45) is 0 Å². The molecule has 0 spiro atoms. The van der Waals surface area contributed by atoms with Crippen LogP contribution < -0.4 is 0 Å². The Bertz CT molecular complexity index is 1120. The molecule has 2 aromatic carbocycles. The van der Waals surface area contributed by atoms with E-state index >= 15 is 0 Å². The summed E-state index contributed by atoms with van der Waals surface area (Å²) < 4.78 is 17.5. The molecule has 6 heteroatoms. The average Bonchev–Trinajstić information content (AvgIpc) is 3.15. The number of esters is 2. The molecule has 0 N–H and O–H groups in total. The molecule has 0 saturated heterocycles. The van der Waals surface area contributed by atoms with E-state index in [1.807, 2.05) is 24.3 Å². The fraction of sp³-hybridized carbons (Fsp3) is 0.111. The van der Waals surface area contributed by atoms with Gasteiger partial charge >= 0.3 is 11.9 Å². The lowest BCUT2D eigenvalue weighted by molar-refractivity contribution is 0.0557. The normalized spacial score (nSPS) is 11.2. The van der Waals surface area contributed by atoms with Crippen LogP contribution >= 0.6 is 11.3 Å². The summed E-state index contributed by atoms with van der Waals surface area (Å²) in [5.41, 5.74) is 1.58. The number of methoxy groups -OCH3 is 2. The van der Waals surface area contributed by atoms with Crippen molar-refractivity contribution in [3.05, 3.63) is 47.5 Å². The van der Waals surface area contributed by atoms with E-state index in [0.717, 1.165) is 14.8 Å². The molecule has 0 aliphatic rings. The molecule has 2 heterocycles. The molecule has 0 amide bonds. The first-order valence-corrected chi connectivity index (χ1v) is 8.00. The van der Waals surface area contributed by atoms with Crippen LogP contribution in [0, 0.1) is 0 Å². The van der Waals surface area contributed by atoms with Crippen LogP contribution in [0.3, 0.4) is 0 Å². The summed E-state index contributed by atoms with van der Waals surface area (Å²) in [6.07, 6.45) is 0. The molecular weight excluding hydrogens is 328 g/mol. The molecule has 0 radical (unpaired) electrons. The monoisotopic (exact) mass is 340 g/mol. The van der Waals surface area contributed by atoms with Crippen LogP contribution in [-0.4, -0.2) is 26.2 Å². The Morgan fingerprint density at radius 1 is 1.00 bits per heavy atom. The molecule has 0 aliphatic carbocycles. The topological polar surface area (TPSA) is 65.7 Å². The minimum absolute atomic E-state index is 0.164. The minimum atomic E-state index is -0.596. The van der Waals surface area contributed by atoms with Crippen LogP contribution in [0.15, 0.2) is 40.8 Å². The van der Waals surface area contributed by atoms with Gasteiger partial charge in [-0.05, 0) is 24.3 Å². The highest BCUT2D eigenvalue weighted by molar-refractivity contribution is 7.26. The van der Waals surface area contributed by atoms with E-state index in [0.29, 0.717) is 16.6 Å². The highest BCUT2D eigenvalue weighted by Crippen LogP contribution is 2.42. The summed E-state index contributed by atoms with van der Waals surface area (Å²) in [7, 11) is 2.56. The molecule has 0 bridgehead atoms. The second-order valence-electron chi connectivity index (χ2n) is 5.20. The first kappa shape index (κ1) is 14.7. The zero-order chi connectivity index (χ0) is 16.8. The quantitative estimate of drug-likeness (QED) is 0.507. The van der Waals surface area contributed by atoms with Gasteiger partial charge in [0.1, 0.15) is 5.58 Å². The third-order valence-corrected chi connectivity index (χ3v) is 5.12. The van der Waals surface area contributed by atoms with Crippen LogP contribution in [-0.2, 0) is 9.47 Å². The van der Waals surface area contributed by atoms with Crippen LogP contribution in [0.2, 0.25) is 0 Å². The largest absolute Gasteiger partial charge is 0.465 e. The Morgan fingerprint density at radius 3 is 2.50 bits per heavy atom. The first-order valence-electron chi connectivity index (χ1n) is 7.19. The van der Waals surface area contributed by atoms with Crippen molar-refractivity contribution >= 4 is 54.6 Å². The number of hydrogen-bond acceptors (Lipinski definition) is 6. The maximum Gasteiger partial charge on any atom is 0.339 e. The third-order valence-electron chi connectivity index (χ3n) is 3.95. The Hall–Kier alpha value is -2.86. The first-order chi connectivity index (χ1) is 11.7. The maximum atomic E-state index is 12.4. The summed E-state index contributed by atoms with van der Waals surface area (Å²) in [4.78, 5) is 24.4. The molecule has 120 valence electrons. The van der Waals surface area contributed by atoms with Crippen LogP contribution in [0.1, 0.15) is 20.7 Å². The van der Waals surface area contributed by atoms with Crippen LogP contribution in [0.25, 0.3) is 31.3 Å². The van der Waals surface area contributed by atoms with Gasteiger partial charge in [-0.15, -0.1) is 11.3 Å². The summed E-state index contributed by atoms with van der Waals surface area (Å²) in [6.45, 7) is 0. The van der Waals surface area contributed by atoms with Gasteiger partial charge in [0.05, 0.1) is 35.4 Å². The number of benzene rings is 2. The van der Waals surface area contributed by atoms with E-state index in [-0.39, 0.29) is 11.1 Å². The summed E-state index contributed by atoms with van der Waals surface area (Å²) >= 11 is 1.51. The second-order valence-corrected chi connectivity index (χ2v) is 6.26. The van der Waals surface area contributed by atoms with Crippen molar-refractivity contribution in [2.45, 2.75) is 0 Å². The number of hydrogen-bond donors (Lipinski definition) is 0. The molecule has 0 aliphatic heterocycles. The van der Waals surface area contributed by atoms with Gasteiger partial charge < -0.3 is 13.9 Å². The zero-order valence-electron chi connectivity index (χ0n) is 12.9. The molecule has 5 nitrogen and oxygen atoms in total. The van der Waals surface area contributed by atoms with Crippen molar-refractivity contribution in [2.75, 3.05) is 14.2 Å². The van der Waals surface area contributed by atoms with E-state index < -0.39 is 11.9 Å². The summed E-state index contributed by atoms with van der Waals surface area (Å²) in [5.74, 6) is -1.19. The Labute approximate surface area is 140 Å². The van der Waals surface area contributed by atoms with Crippen molar-refractivity contribution in [1.82, 2.24) is 0 Å². The minimum Gasteiger partial charge on any atom is -0.465 e. The molecule has 0 saturated carbocycles. The van der Waals surface area contributed by atoms with Crippen LogP contribution in [0.4, 0.5) is 0 Å². The molecule has 0 fully saturated rings. The van der Waals surface area contributed by atoms with Crippen molar-refractivity contribution in [3.63, 3.8) is 0 Å². The van der Waals surface area contributed by atoms with E-state index in [1.54, 1.807) is 6.07 Å². The number of thiophene rings is 1. The number of rotatable bonds is 2. The standard InChI is InChI=1S/C18H12O5S/c1-21-17(19)10-7-8-11-14(13(10)18(20)22-2)16-15(23-11)9-5-3-4-6-12(9)24-16/h3-8H,1-2H3. The fourth-order valence-electron chi connectivity index (χ4n) is 2.89. The van der Waals surface area contributed by atoms with Crippen LogP contribution in [0.5, 0.6) is 0 Å². The van der Waals surface area contributed by atoms with Gasteiger partial charge in [0.25, 0.3) is 0 Å². The highest BCUT2D eigenvalue weighted by Gasteiger charge is 2.26. The van der Waals surface area contributed by atoms with Crippen molar-refractivity contribution < 1.29 is 23.5 Å². The van der Waals surface area contributed by atoms with Crippen molar-refractivity contribution in [1.29, 1.82) is 0 Å². The van der Waals surface area contributed by atoms with Gasteiger partial charge in [0, 0.05) is 10.1 Å². The molecule has 4 aromatic rings. The molecule has 2 aromatic heterocycles. The highest BCUT2D eigenvalue weighted by atomic mass is 32.1. The van der Waals surface area contributed by atoms with E-state index in [2.05, 4.69) is 0 Å². The number of carbonyl (C=O) groups excluding carboxylic acids is 2. The van der Waals surface area contributed by atoms with Gasteiger partial charge in [-0.2, -0.15) is 0 Å². The SMILES string of the molecule is COC(=O)c1ccc2oc3c4ccccc4sc3c2c1C(=O)OC. The zero-order valence-corrected chi connectivity index (χ0v) is 13.7. The fourth-order valence-corrected chi connectivity index (χ4v) is 4.07. The molecule has 0 unspecified atom stereocenters. The second kappa shape index (κ2) is 5.35. The molecule has 0 atom stereocenters. The lowest BCUT2D eigenvalue weighted by Crippen LogP contribution is -2.12. The van der Waals surface area contributed by atoms with Gasteiger partial charge in [-0.1, -0.05) is 12.1 Å². The predicted octanol–water partition coefficient (Wildman–Crippen LogP) is 4.37. The smallest absolute Gasteiger partial charge is 0.339 e. The van der Waals surface area contributed by atoms with Crippen molar-refractivity contribution in [3.8, 4) is 0 Å². The average molecular weight is 340 g/mol. The number of ether oxygens (including phenoxy) is 2. The predicted molar refractivity (Wildman–Crippen MR) is 91.8 cm³/mol. The van der Waals surface area contributed by atoms with E-state index in [4.69, 9.17) is 13.9 Å². The summed E-state index contributed by atoms with van der Waals surface area (Å²) in [6, 6.07) is 11.0. The number of fused-ring (bicyclic) bond motifs is 5. The molecule has 24 heavy (non-hydrogen) atoms. The number of carbonyl (C=O) groups is 2. The lowest BCUT2D eigenvalue weighted by Gasteiger charge is -2.07. The lowest BCUT2D eigenvalue weighted by atomic mass is 10.0. The Morgan fingerprint density at radius 2 is 1.75 bits per heavy atom. The molecule has 4 rings (SSSR count). The van der Waals surface area contributed by atoms with Gasteiger partial charge in [0.2, 0.25) is 0 Å².